The van der Waals surface area contributed by atoms with Crippen molar-refractivity contribution in [3.63, 3.8) is 0 Å². The lowest BCUT2D eigenvalue weighted by Crippen LogP contribution is -2.14. The lowest BCUT2D eigenvalue weighted by Gasteiger charge is -2.11. The van der Waals surface area contributed by atoms with Crippen molar-refractivity contribution in [1.82, 2.24) is 0 Å². The summed E-state index contributed by atoms with van der Waals surface area (Å²) < 4.78 is 67.5. The van der Waals surface area contributed by atoms with Gasteiger partial charge < -0.3 is 5.11 Å². The number of benzene rings is 3. The number of carboxylic acids is 1. The fraction of sp³-hybridized carbons (Fsp3) is 0.0952. The third-order valence-corrected chi connectivity index (χ3v) is 7.17. The van der Waals surface area contributed by atoms with Gasteiger partial charge in [-0.15, -0.1) is 0 Å². The monoisotopic (exact) mass is 478 g/mol. The summed E-state index contributed by atoms with van der Waals surface area (Å²) in [4.78, 5) is 10.5. The molecule has 8 nitrogen and oxygen atoms in total. The van der Waals surface area contributed by atoms with Crippen molar-refractivity contribution in [1.29, 1.82) is 0 Å². The summed E-state index contributed by atoms with van der Waals surface area (Å²) in [5, 5.41) is 8.72. The summed E-state index contributed by atoms with van der Waals surface area (Å²) >= 11 is 0. The number of aliphatic carboxylic acids is 1. The lowest BCUT2D eigenvalue weighted by molar-refractivity contribution is -0.136. The van der Waals surface area contributed by atoms with Gasteiger partial charge >= 0.3 is 5.97 Å². The fourth-order valence-electron chi connectivity index (χ4n) is 2.73. The molecule has 3 aromatic rings. The van der Waals surface area contributed by atoms with Crippen LogP contribution in [0.5, 0.6) is 0 Å². The molecule has 0 fully saturated rings. The van der Waals surface area contributed by atoms with Gasteiger partial charge in [0.05, 0.1) is 9.79 Å². The van der Waals surface area contributed by atoms with E-state index in [-0.39, 0.29) is 27.6 Å². The maximum atomic E-state index is 13.0. The van der Waals surface area contributed by atoms with Crippen LogP contribution in [0.25, 0.3) is 0 Å². The van der Waals surface area contributed by atoms with Gasteiger partial charge in [0.15, 0.2) is 0 Å². The van der Waals surface area contributed by atoms with E-state index in [1.165, 1.54) is 36.4 Å². The van der Waals surface area contributed by atoms with Crippen LogP contribution in [0.2, 0.25) is 0 Å². The van der Waals surface area contributed by atoms with Gasteiger partial charge in [0, 0.05) is 17.8 Å². The molecule has 0 amide bonds. The highest BCUT2D eigenvalue weighted by molar-refractivity contribution is 7.93. The Balaban J connectivity index is 1.68. The number of carboxylic acid groups (broad SMARTS) is 1. The summed E-state index contributed by atoms with van der Waals surface area (Å²) in [7, 11) is -7.82. The molecule has 3 N–H and O–H groups in total. The molecule has 0 aliphatic heterocycles. The second kappa shape index (κ2) is 9.37. The average Bonchev–Trinajstić information content (AvgIpc) is 2.74. The number of carbonyl (C=O) groups is 1. The van der Waals surface area contributed by atoms with Crippen molar-refractivity contribution in [2.24, 2.45) is 0 Å². The number of nitrogens with one attached hydrogen (secondary N) is 2. The molecule has 3 rings (SSSR count). The Morgan fingerprint density at radius 3 is 1.53 bits per heavy atom. The molecule has 0 saturated carbocycles. The van der Waals surface area contributed by atoms with Crippen molar-refractivity contribution in [3.8, 4) is 0 Å². The van der Waals surface area contributed by atoms with Crippen LogP contribution in [-0.4, -0.2) is 27.9 Å². The van der Waals surface area contributed by atoms with Crippen LogP contribution in [0.1, 0.15) is 12.0 Å². The molecular weight excluding hydrogens is 459 g/mol. The number of sulfonamides is 2. The lowest BCUT2D eigenvalue weighted by atomic mass is 10.1. The summed E-state index contributed by atoms with van der Waals surface area (Å²) in [6, 6.07) is 15.7. The van der Waals surface area contributed by atoms with E-state index in [1.54, 1.807) is 12.1 Å². The molecular formula is C21H19FN2O6S2. The maximum absolute atomic E-state index is 13.0. The minimum atomic E-state index is -3.93. The minimum Gasteiger partial charge on any atom is -0.481 e. The van der Waals surface area contributed by atoms with Gasteiger partial charge in [-0.25, -0.2) is 21.2 Å². The highest BCUT2D eigenvalue weighted by atomic mass is 32.2. The Kier molecular flexibility index (Phi) is 6.80. The fourth-order valence-corrected chi connectivity index (χ4v) is 4.85. The van der Waals surface area contributed by atoms with E-state index in [0.717, 1.165) is 24.3 Å². The molecule has 0 heterocycles. The number of hydrogen-bond donors (Lipinski definition) is 3. The van der Waals surface area contributed by atoms with Gasteiger partial charge in [-0.05, 0) is 72.6 Å². The van der Waals surface area contributed by atoms with Crippen LogP contribution < -0.4 is 9.44 Å². The van der Waals surface area contributed by atoms with Crippen molar-refractivity contribution >= 4 is 37.4 Å². The molecule has 0 radical (unpaired) electrons. The Bertz CT molecular complexity index is 1310. The first-order valence-electron chi connectivity index (χ1n) is 9.27. The summed E-state index contributed by atoms with van der Waals surface area (Å²) in [6.45, 7) is 0. The van der Waals surface area contributed by atoms with Crippen LogP contribution in [0.15, 0.2) is 82.6 Å². The highest BCUT2D eigenvalue weighted by Gasteiger charge is 2.16. The number of rotatable bonds is 9. The van der Waals surface area contributed by atoms with Crippen molar-refractivity contribution < 1.29 is 31.1 Å². The molecule has 0 unspecified atom stereocenters. The number of halogens is 1. The second-order valence-corrected chi connectivity index (χ2v) is 10.1. The molecule has 0 aromatic heterocycles. The average molecular weight is 479 g/mol. The zero-order chi connectivity index (χ0) is 23.4. The first-order chi connectivity index (χ1) is 15.0. The Morgan fingerprint density at radius 2 is 1.12 bits per heavy atom. The molecule has 3 aromatic carbocycles. The predicted molar refractivity (Wildman–Crippen MR) is 117 cm³/mol. The van der Waals surface area contributed by atoms with E-state index in [0.29, 0.717) is 12.0 Å². The number of hydrogen-bond acceptors (Lipinski definition) is 5. The van der Waals surface area contributed by atoms with Crippen molar-refractivity contribution in [3.05, 3.63) is 84.2 Å². The molecule has 0 aliphatic rings. The van der Waals surface area contributed by atoms with Gasteiger partial charge in [0.25, 0.3) is 20.0 Å². The molecule has 168 valence electrons. The summed E-state index contributed by atoms with van der Waals surface area (Å²) in [5.41, 5.74) is 1.11. The smallest absolute Gasteiger partial charge is 0.303 e. The minimum absolute atomic E-state index is 0.00216. The van der Waals surface area contributed by atoms with Crippen LogP contribution in [0, 0.1) is 5.82 Å². The topological polar surface area (TPSA) is 130 Å². The predicted octanol–water partition coefficient (Wildman–Crippen LogP) is 3.44. The van der Waals surface area contributed by atoms with Crippen LogP contribution >= 0.6 is 0 Å². The highest BCUT2D eigenvalue weighted by Crippen LogP contribution is 2.21. The van der Waals surface area contributed by atoms with E-state index >= 15 is 0 Å². The Hall–Kier alpha value is -3.44. The summed E-state index contributed by atoms with van der Waals surface area (Å²) in [5.74, 6) is -1.50. The zero-order valence-corrected chi connectivity index (χ0v) is 18.2. The van der Waals surface area contributed by atoms with Crippen LogP contribution in [-0.2, 0) is 31.3 Å². The van der Waals surface area contributed by atoms with Crippen molar-refractivity contribution in [2.45, 2.75) is 22.6 Å². The third-order valence-electron chi connectivity index (χ3n) is 4.37. The third kappa shape index (κ3) is 6.05. The quantitative estimate of drug-likeness (QED) is 0.432. The largest absolute Gasteiger partial charge is 0.481 e. The molecule has 0 saturated heterocycles. The maximum Gasteiger partial charge on any atom is 0.303 e. The van der Waals surface area contributed by atoms with Gasteiger partial charge in [-0.3, -0.25) is 14.2 Å². The molecule has 0 aliphatic carbocycles. The zero-order valence-electron chi connectivity index (χ0n) is 16.5. The van der Waals surface area contributed by atoms with Gasteiger partial charge in [0.1, 0.15) is 5.82 Å². The van der Waals surface area contributed by atoms with Crippen molar-refractivity contribution in [2.75, 3.05) is 9.44 Å². The normalized spacial score (nSPS) is 11.7. The Morgan fingerprint density at radius 1 is 0.719 bits per heavy atom. The van der Waals surface area contributed by atoms with E-state index in [1.807, 2.05) is 0 Å². The SMILES string of the molecule is O=C(O)CCc1ccc(S(=O)(=O)Nc2ccc(NS(=O)(=O)c3ccc(F)cc3)cc2)cc1. The van der Waals surface area contributed by atoms with Crippen LogP contribution in [0.4, 0.5) is 15.8 Å². The molecule has 0 bridgehead atoms. The van der Waals surface area contributed by atoms with Crippen LogP contribution in [0.3, 0.4) is 0 Å². The standard InChI is InChI=1S/C21H19FN2O6S2/c22-16-4-12-20(13-5-16)32(29,30)24-18-8-6-17(7-9-18)23-31(27,28)19-10-1-15(2-11-19)3-14-21(25)26/h1-2,4-13,23-24H,3,14H2,(H,25,26). The van der Waals surface area contributed by atoms with E-state index in [2.05, 4.69) is 9.44 Å². The molecule has 11 heteroatoms. The molecule has 0 spiro atoms. The molecule has 32 heavy (non-hydrogen) atoms. The second-order valence-electron chi connectivity index (χ2n) is 6.78. The first-order valence-corrected chi connectivity index (χ1v) is 12.2. The number of aryl methyl sites for hydroxylation is 1. The Labute approximate surface area is 184 Å². The van der Waals surface area contributed by atoms with Gasteiger partial charge in [-0.1, -0.05) is 12.1 Å². The summed E-state index contributed by atoms with van der Waals surface area (Å²) in [6.07, 6.45) is 0.236. The molecule has 0 atom stereocenters. The van der Waals surface area contributed by atoms with E-state index in [9.17, 15) is 26.0 Å². The van der Waals surface area contributed by atoms with E-state index in [4.69, 9.17) is 5.11 Å². The first kappa shape index (κ1) is 23.2. The van der Waals surface area contributed by atoms with Gasteiger partial charge in [0.2, 0.25) is 0 Å². The van der Waals surface area contributed by atoms with Gasteiger partial charge in [-0.2, -0.15) is 0 Å². The number of anilines is 2. The van der Waals surface area contributed by atoms with E-state index < -0.39 is 31.8 Å².